The molecule has 3 nitrogen and oxygen atoms in total. The molecule has 0 saturated carbocycles. The van der Waals surface area contributed by atoms with Crippen LogP contribution in [0.2, 0.25) is 0 Å². The van der Waals surface area contributed by atoms with Gasteiger partial charge in [-0.05, 0) is 43.3 Å². The summed E-state index contributed by atoms with van der Waals surface area (Å²) in [6.45, 7) is 1.97. The molecule has 0 N–H and O–H groups in total. The number of benzene rings is 2. The number of aromatic nitrogens is 1. The van der Waals surface area contributed by atoms with Gasteiger partial charge < -0.3 is 9.32 Å². The summed E-state index contributed by atoms with van der Waals surface area (Å²) in [5.74, 6) is 1.47. The minimum Gasteiger partial charge on any atom is -0.436 e. The lowest BCUT2D eigenvalue weighted by molar-refractivity contribution is 0.588. The van der Waals surface area contributed by atoms with Gasteiger partial charge in [-0.1, -0.05) is 28.1 Å². The molecule has 0 spiro atoms. The zero-order valence-electron chi connectivity index (χ0n) is 12.8. The third kappa shape index (κ3) is 2.92. The normalized spacial score (nSPS) is 10.7. The second kappa shape index (κ2) is 5.97. The molecule has 0 aliphatic rings. The molecule has 22 heavy (non-hydrogen) atoms. The summed E-state index contributed by atoms with van der Waals surface area (Å²) in [6.07, 6.45) is 0. The molecule has 0 atom stereocenters. The van der Waals surface area contributed by atoms with E-state index in [1.54, 1.807) is 0 Å². The van der Waals surface area contributed by atoms with E-state index in [2.05, 4.69) is 37.9 Å². The fraction of sp³-hybridized carbons (Fsp3) is 0.167. The van der Waals surface area contributed by atoms with Gasteiger partial charge in [0.25, 0.3) is 0 Å². The standard InChI is InChI=1S/C18H17BrN2O/c1-12-17(13-4-8-15(19)9-5-13)22-18(20-12)14-6-10-16(11-7-14)21(2)3/h4-11H,1-3H3. The molecule has 3 rings (SSSR count). The Morgan fingerprint density at radius 2 is 1.50 bits per heavy atom. The molecule has 0 amide bonds. The van der Waals surface area contributed by atoms with Crippen molar-refractivity contribution in [3.8, 4) is 22.8 Å². The quantitative estimate of drug-likeness (QED) is 0.650. The number of oxazole rings is 1. The summed E-state index contributed by atoms with van der Waals surface area (Å²) >= 11 is 3.45. The third-order valence-corrected chi connectivity index (χ3v) is 4.06. The van der Waals surface area contributed by atoms with Crippen LogP contribution >= 0.6 is 15.9 Å². The average molecular weight is 357 g/mol. The van der Waals surface area contributed by atoms with Gasteiger partial charge in [-0.25, -0.2) is 4.98 Å². The van der Waals surface area contributed by atoms with Crippen molar-refractivity contribution in [2.75, 3.05) is 19.0 Å². The molecule has 1 heterocycles. The number of aryl methyl sites for hydroxylation is 1. The van der Waals surface area contributed by atoms with E-state index < -0.39 is 0 Å². The minimum atomic E-state index is 0.653. The van der Waals surface area contributed by atoms with Gasteiger partial charge in [0.1, 0.15) is 0 Å². The Morgan fingerprint density at radius 1 is 0.909 bits per heavy atom. The summed E-state index contributed by atoms with van der Waals surface area (Å²) < 4.78 is 7.04. The van der Waals surface area contributed by atoms with Gasteiger partial charge in [-0.15, -0.1) is 0 Å². The number of anilines is 1. The van der Waals surface area contributed by atoms with Gasteiger partial charge in [0.05, 0.1) is 5.69 Å². The second-order valence-corrected chi connectivity index (χ2v) is 6.30. The molecular weight excluding hydrogens is 340 g/mol. The van der Waals surface area contributed by atoms with E-state index in [0.29, 0.717) is 5.89 Å². The van der Waals surface area contributed by atoms with Crippen LogP contribution in [0.15, 0.2) is 57.4 Å². The summed E-state index contributed by atoms with van der Waals surface area (Å²) in [7, 11) is 4.05. The van der Waals surface area contributed by atoms with E-state index in [1.165, 1.54) is 0 Å². The SMILES string of the molecule is Cc1nc(-c2ccc(N(C)C)cc2)oc1-c1ccc(Br)cc1. The van der Waals surface area contributed by atoms with Gasteiger partial charge in [0.2, 0.25) is 5.89 Å². The number of hydrogen-bond donors (Lipinski definition) is 0. The molecule has 4 heteroatoms. The Hall–Kier alpha value is -2.07. The minimum absolute atomic E-state index is 0.653. The number of rotatable bonds is 3. The van der Waals surface area contributed by atoms with Crippen molar-refractivity contribution in [3.63, 3.8) is 0 Å². The van der Waals surface area contributed by atoms with Crippen LogP contribution in [0.1, 0.15) is 5.69 Å². The highest BCUT2D eigenvalue weighted by atomic mass is 79.9. The van der Waals surface area contributed by atoms with Crippen LogP contribution in [0.3, 0.4) is 0 Å². The van der Waals surface area contributed by atoms with Crippen molar-refractivity contribution >= 4 is 21.6 Å². The van der Waals surface area contributed by atoms with Crippen LogP contribution < -0.4 is 4.90 Å². The second-order valence-electron chi connectivity index (χ2n) is 5.38. The average Bonchev–Trinajstić information content (AvgIpc) is 2.90. The molecule has 0 bridgehead atoms. The third-order valence-electron chi connectivity index (χ3n) is 3.53. The zero-order chi connectivity index (χ0) is 15.7. The molecule has 3 aromatic rings. The Labute approximate surface area is 138 Å². The fourth-order valence-corrected chi connectivity index (χ4v) is 2.56. The lowest BCUT2D eigenvalue weighted by Gasteiger charge is -2.11. The summed E-state index contributed by atoms with van der Waals surface area (Å²) in [5.41, 5.74) is 4.07. The molecule has 112 valence electrons. The Kier molecular flexibility index (Phi) is 4.03. The van der Waals surface area contributed by atoms with E-state index in [-0.39, 0.29) is 0 Å². The topological polar surface area (TPSA) is 29.3 Å². The molecule has 0 aliphatic carbocycles. The molecule has 0 saturated heterocycles. The summed E-state index contributed by atoms with van der Waals surface area (Å²) in [5, 5.41) is 0. The van der Waals surface area contributed by atoms with Gasteiger partial charge in [-0.2, -0.15) is 0 Å². The Morgan fingerprint density at radius 3 is 2.09 bits per heavy atom. The highest BCUT2D eigenvalue weighted by Crippen LogP contribution is 2.30. The lowest BCUT2D eigenvalue weighted by Crippen LogP contribution is -2.07. The molecular formula is C18H17BrN2O. The van der Waals surface area contributed by atoms with Gasteiger partial charge in [-0.3, -0.25) is 0 Å². The van der Waals surface area contributed by atoms with Crippen LogP contribution in [0.4, 0.5) is 5.69 Å². The number of halogens is 1. The number of nitrogens with zero attached hydrogens (tertiary/aromatic N) is 2. The van der Waals surface area contributed by atoms with Gasteiger partial charge in [0.15, 0.2) is 5.76 Å². The molecule has 0 unspecified atom stereocenters. The van der Waals surface area contributed by atoms with Gasteiger partial charge in [0, 0.05) is 35.4 Å². The first-order chi connectivity index (χ1) is 10.5. The van der Waals surface area contributed by atoms with E-state index >= 15 is 0 Å². The van der Waals surface area contributed by atoms with Crippen LogP contribution in [0.25, 0.3) is 22.8 Å². The monoisotopic (exact) mass is 356 g/mol. The zero-order valence-corrected chi connectivity index (χ0v) is 14.4. The van der Waals surface area contributed by atoms with Crippen molar-refractivity contribution < 1.29 is 4.42 Å². The highest BCUT2D eigenvalue weighted by Gasteiger charge is 2.13. The van der Waals surface area contributed by atoms with E-state index in [9.17, 15) is 0 Å². The van der Waals surface area contributed by atoms with Crippen LogP contribution in [-0.2, 0) is 0 Å². The van der Waals surface area contributed by atoms with Crippen LogP contribution in [0.5, 0.6) is 0 Å². The fourth-order valence-electron chi connectivity index (χ4n) is 2.29. The summed E-state index contributed by atoms with van der Waals surface area (Å²) in [4.78, 5) is 6.63. The maximum absolute atomic E-state index is 5.99. The van der Waals surface area contributed by atoms with Gasteiger partial charge >= 0.3 is 0 Å². The van der Waals surface area contributed by atoms with Crippen molar-refractivity contribution in [2.45, 2.75) is 6.92 Å². The lowest BCUT2D eigenvalue weighted by atomic mass is 10.1. The Bertz CT molecular complexity index is 774. The van der Waals surface area contributed by atoms with Crippen LogP contribution in [-0.4, -0.2) is 19.1 Å². The largest absolute Gasteiger partial charge is 0.436 e. The molecule has 2 aromatic carbocycles. The molecule has 0 aliphatic heterocycles. The van der Waals surface area contributed by atoms with E-state index in [1.807, 2.05) is 57.4 Å². The van der Waals surface area contributed by atoms with Crippen molar-refractivity contribution in [2.24, 2.45) is 0 Å². The molecule has 0 fully saturated rings. The predicted molar refractivity (Wildman–Crippen MR) is 94.1 cm³/mol. The highest BCUT2D eigenvalue weighted by molar-refractivity contribution is 9.10. The summed E-state index contributed by atoms with van der Waals surface area (Å²) in [6, 6.07) is 16.2. The first-order valence-corrected chi connectivity index (χ1v) is 7.85. The maximum Gasteiger partial charge on any atom is 0.226 e. The first kappa shape index (κ1) is 14.9. The molecule has 1 aromatic heterocycles. The van der Waals surface area contributed by atoms with E-state index in [4.69, 9.17) is 4.42 Å². The van der Waals surface area contributed by atoms with Crippen LogP contribution in [0, 0.1) is 6.92 Å². The van der Waals surface area contributed by atoms with Crippen molar-refractivity contribution in [3.05, 3.63) is 58.7 Å². The first-order valence-electron chi connectivity index (χ1n) is 7.06. The van der Waals surface area contributed by atoms with Crippen molar-refractivity contribution in [1.29, 1.82) is 0 Å². The Balaban J connectivity index is 1.96. The smallest absolute Gasteiger partial charge is 0.226 e. The van der Waals surface area contributed by atoms with Crippen molar-refractivity contribution in [1.82, 2.24) is 4.98 Å². The number of hydrogen-bond acceptors (Lipinski definition) is 3. The predicted octanol–water partition coefficient (Wildman–Crippen LogP) is 5.15. The maximum atomic E-state index is 5.99. The van der Waals surface area contributed by atoms with E-state index in [0.717, 1.165) is 32.7 Å². The molecule has 0 radical (unpaired) electrons.